The first-order valence-corrected chi connectivity index (χ1v) is 25.6. The van der Waals surface area contributed by atoms with Gasteiger partial charge >= 0.3 is 6.09 Å². The van der Waals surface area contributed by atoms with E-state index in [0.29, 0.717) is 36.7 Å². The topological polar surface area (TPSA) is 145 Å². The van der Waals surface area contributed by atoms with Gasteiger partial charge in [0.1, 0.15) is 40.4 Å². The van der Waals surface area contributed by atoms with Crippen molar-refractivity contribution in [3.63, 3.8) is 0 Å². The second-order valence-electron chi connectivity index (χ2n) is 20.5. The first-order chi connectivity index (χ1) is 34.3. The fraction of sp³-hybridized carbons (Fsp3) is 0.482. The molecule has 6 aromatic rings. The minimum Gasteiger partial charge on any atom is -0.495 e. The monoisotopic (exact) mass is 965 g/mol. The standard InChI is InChI=1S/C31H41N5O3.C25H31N5O2/c1-7-17-34(5)22-14-15-25-24(19-22)29(33-28(32-25)21-12-13-21)35-18-16-23(20-35)36(30(37)39-31(2,3)4)26-10-8-9-11-27(26)38-6;1-29(13-14-31)19-9-10-21-20(15-19)25(28-24(27-21)17-7-8-17)30-12-11-18(16-30)26-22-5-3-4-6-23(22)32-2/h8-11,14-15,19,21,23H,7,12-13,16-18,20H2,1-6H3;3-6,9-10,15,17-18,26,31H,7-8,11-14,16H2,1-2H3/t23-;18-/m11/s1. The Morgan fingerprint density at radius 1 is 0.704 bits per heavy atom. The quantitative estimate of drug-likeness (QED) is 0.0949. The van der Waals surface area contributed by atoms with Gasteiger partial charge in [-0.2, -0.15) is 0 Å². The molecule has 2 saturated heterocycles. The predicted molar refractivity (Wildman–Crippen MR) is 287 cm³/mol. The lowest BCUT2D eigenvalue weighted by Crippen LogP contribution is -2.45. The molecule has 10 rings (SSSR count). The van der Waals surface area contributed by atoms with Gasteiger partial charge in [-0.1, -0.05) is 31.2 Å². The van der Waals surface area contributed by atoms with Crippen LogP contribution >= 0.6 is 0 Å². The summed E-state index contributed by atoms with van der Waals surface area (Å²) < 4.78 is 17.0. The zero-order valence-electron chi connectivity index (χ0n) is 42.9. The highest BCUT2D eigenvalue weighted by Gasteiger charge is 2.38. The van der Waals surface area contributed by atoms with Gasteiger partial charge in [0, 0.05) is 93.4 Å². The number of carbonyl (C=O) groups excluding carboxylic acids is 1. The molecular weight excluding hydrogens is 893 g/mol. The number of methoxy groups -OCH3 is 2. The van der Waals surface area contributed by atoms with E-state index in [4.69, 9.17) is 34.1 Å². The van der Waals surface area contributed by atoms with Gasteiger partial charge in [-0.25, -0.2) is 24.7 Å². The van der Waals surface area contributed by atoms with Gasteiger partial charge < -0.3 is 44.2 Å². The van der Waals surface area contributed by atoms with E-state index in [2.05, 4.69) is 81.4 Å². The van der Waals surface area contributed by atoms with Gasteiger partial charge in [-0.15, -0.1) is 0 Å². The van der Waals surface area contributed by atoms with Gasteiger partial charge in [0.15, 0.2) is 0 Å². The number of anilines is 6. The lowest BCUT2D eigenvalue weighted by Gasteiger charge is -2.32. The fourth-order valence-corrected chi connectivity index (χ4v) is 9.77. The normalized spacial score (nSPS) is 17.8. The number of benzene rings is 4. The Morgan fingerprint density at radius 2 is 1.25 bits per heavy atom. The lowest BCUT2D eigenvalue weighted by molar-refractivity contribution is 0.0567. The third kappa shape index (κ3) is 11.5. The molecule has 376 valence electrons. The van der Waals surface area contributed by atoms with Crippen molar-refractivity contribution in [3.8, 4) is 11.5 Å². The van der Waals surface area contributed by atoms with Gasteiger partial charge in [0.05, 0.1) is 49.3 Å². The van der Waals surface area contributed by atoms with Crippen LogP contribution in [-0.4, -0.2) is 123 Å². The summed E-state index contributed by atoms with van der Waals surface area (Å²) in [5.74, 6) is 6.36. The average molecular weight is 965 g/mol. The van der Waals surface area contributed by atoms with Crippen LogP contribution in [0.25, 0.3) is 21.8 Å². The van der Waals surface area contributed by atoms with Crippen molar-refractivity contribution in [1.29, 1.82) is 0 Å². The molecule has 4 heterocycles. The Kier molecular flexibility index (Phi) is 14.9. The van der Waals surface area contributed by atoms with Crippen LogP contribution in [0.1, 0.15) is 96.1 Å². The Balaban J connectivity index is 0.000000179. The van der Waals surface area contributed by atoms with Crippen molar-refractivity contribution in [2.75, 3.05) is 104 Å². The van der Waals surface area contributed by atoms with Crippen molar-refractivity contribution in [1.82, 2.24) is 19.9 Å². The highest BCUT2D eigenvalue weighted by atomic mass is 16.6. The van der Waals surface area contributed by atoms with Crippen LogP contribution < -0.4 is 39.3 Å². The van der Waals surface area contributed by atoms with Gasteiger partial charge in [-0.05, 0) is 126 Å². The number of fused-ring (bicyclic) bond motifs is 2. The smallest absolute Gasteiger partial charge is 0.415 e. The third-order valence-electron chi connectivity index (χ3n) is 13.8. The van der Waals surface area contributed by atoms with Gasteiger partial charge in [-0.3, -0.25) is 4.90 Å². The van der Waals surface area contributed by atoms with Crippen molar-refractivity contribution in [3.05, 3.63) is 96.6 Å². The SMILES string of the molecule is CCCN(C)c1ccc2nc(C3CC3)nc(N3CC[C@@H](N(C(=O)OC(C)(C)C)c4ccccc4OC)C3)c2c1.COc1ccccc1N[C@@H]1CCN(c2nc(C3CC3)nc3ccc(N(C)CCO)cc23)C1. The molecule has 15 nitrogen and oxygen atoms in total. The number of nitrogens with zero attached hydrogens (tertiary/aromatic N) is 9. The minimum atomic E-state index is -0.613. The maximum absolute atomic E-state index is 13.6. The molecule has 4 aliphatic rings. The molecule has 4 fully saturated rings. The Morgan fingerprint density at radius 3 is 1.82 bits per heavy atom. The molecule has 2 saturated carbocycles. The van der Waals surface area contributed by atoms with Crippen LogP contribution in [0.5, 0.6) is 11.5 Å². The summed E-state index contributed by atoms with van der Waals surface area (Å²) in [5.41, 5.74) is 5.34. The van der Waals surface area contributed by atoms with E-state index in [-0.39, 0.29) is 18.7 Å². The Hall–Kier alpha value is -6.61. The summed E-state index contributed by atoms with van der Waals surface area (Å²) in [6.45, 7) is 12.8. The highest BCUT2D eigenvalue weighted by molar-refractivity contribution is 5.94. The van der Waals surface area contributed by atoms with Crippen molar-refractivity contribution < 1.29 is 24.1 Å². The highest BCUT2D eigenvalue weighted by Crippen LogP contribution is 2.43. The van der Waals surface area contributed by atoms with Crippen LogP contribution in [0.2, 0.25) is 0 Å². The second-order valence-corrected chi connectivity index (χ2v) is 20.5. The summed E-state index contributed by atoms with van der Waals surface area (Å²) >= 11 is 0. The van der Waals surface area contributed by atoms with E-state index in [1.807, 2.05) is 70.3 Å². The number of para-hydroxylation sites is 4. The molecule has 2 aliphatic carbocycles. The zero-order chi connectivity index (χ0) is 49.8. The van der Waals surface area contributed by atoms with E-state index < -0.39 is 5.60 Å². The second kappa shape index (κ2) is 21.4. The number of aliphatic hydroxyl groups excluding tert-OH is 1. The number of nitrogens with one attached hydrogen (secondary N) is 1. The molecule has 4 aromatic carbocycles. The summed E-state index contributed by atoms with van der Waals surface area (Å²) in [5, 5.41) is 15.1. The number of amides is 1. The number of carbonyl (C=O) groups is 1. The Bertz CT molecular complexity index is 2810. The largest absolute Gasteiger partial charge is 0.495 e. The average Bonchev–Trinajstić information content (AvgIpc) is 4.31. The number of aromatic nitrogens is 4. The van der Waals surface area contributed by atoms with E-state index in [1.54, 1.807) is 19.1 Å². The number of hydrogen-bond donors (Lipinski definition) is 2. The number of aliphatic hydroxyl groups is 1. The molecule has 15 heteroatoms. The number of likely N-dealkylation sites (N-methyl/N-ethyl adjacent to an activating group) is 1. The summed E-state index contributed by atoms with van der Waals surface area (Å²) in [6, 6.07) is 28.8. The molecular formula is C56H72N10O5. The van der Waals surface area contributed by atoms with Crippen LogP contribution in [0, 0.1) is 0 Å². The number of ether oxygens (including phenoxy) is 3. The van der Waals surface area contributed by atoms with E-state index in [1.165, 1.54) is 12.8 Å². The summed E-state index contributed by atoms with van der Waals surface area (Å²) in [4.78, 5) is 44.4. The van der Waals surface area contributed by atoms with Crippen LogP contribution in [-0.2, 0) is 4.74 Å². The van der Waals surface area contributed by atoms with Crippen LogP contribution in [0.4, 0.5) is 39.2 Å². The molecule has 2 N–H and O–H groups in total. The third-order valence-corrected chi connectivity index (χ3v) is 13.8. The van der Waals surface area contributed by atoms with Gasteiger partial charge in [0.25, 0.3) is 0 Å². The maximum atomic E-state index is 13.6. The predicted octanol–water partition coefficient (Wildman–Crippen LogP) is 10.0. The summed E-state index contributed by atoms with van der Waals surface area (Å²) in [7, 11) is 7.47. The first-order valence-electron chi connectivity index (χ1n) is 25.6. The fourth-order valence-electron chi connectivity index (χ4n) is 9.77. The van der Waals surface area contributed by atoms with Gasteiger partial charge in [0.2, 0.25) is 0 Å². The molecule has 2 aromatic heterocycles. The Labute approximate surface area is 419 Å². The zero-order valence-corrected chi connectivity index (χ0v) is 42.9. The van der Waals surface area contributed by atoms with E-state index in [9.17, 15) is 9.90 Å². The van der Waals surface area contributed by atoms with Crippen LogP contribution in [0.3, 0.4) is 0 Å². The number of rotatable bonds is 16. The van der Waals surface area contributed by atoms with E-state index in [0.717, 1.165) is 132 Å². The molecule has 1 amide bonds. The first kappa shape index (κ1) is 49.4. The molecule has 0 bridgehead atoms. The van der Waals surface area contributed by atoms with E-state index >= 15 is 0 Å². The van der Waals surface area contributed by atoms with Crippen molar-refractivity contribution >= 4 is 62.3 Å². The maximum Gasteiger partial charge on any atom is 0.415 e. The van der Waals surface area contributed by atoms with Crippen LogP contribution in [0.15, 0.2) is 84.9 Å². The molecule has 0 unspecified atom stereocenters. The van der Waals surface area contributed by atoms with Crippen molar-refractivity contribution in [2.45, 2.75) is 102 Å². The molecule has 2 atom stereocenters. The van der Waals surface area contributed by atoms with Crippen molar-refractivity contribution in [2.24, 2.45) is 0 Å². The molecule has 0 radical (unpaired) electrons. The summed E-state index contributed by atoms with van der Waals surface area (Å²) in [6.07, 6.45) is 7.18. The molecule has 71 heavy (non-hydrogen) atoms. The molecule has 0 spiro atoms. The number of hydrogen-bond acceptors (Lipinski definition) is 14. The minimum absolute atomic E-state index is 0.100. The molecule has 2 aliphatic heterocycles. The lowest BCUT2D eigenvalue weighted by atomic mass is 10.1.